The maximum Gasteiger partial charge on any atom is 0.232 e. The number of aromatic amines is 1. The van der Waals surface area contributed by atoms with Gasteiger partial charge in [0.25, 0.3) is 0 Å². The Kier molecular flexibility index (Phi) is 3.19. The predicted octanol–water partition coefficient (Wildman–Crippen LogP) is 2.73. The molecule has 24 heavy (non-hydrogen) atoms. The first-order valence-corrected chi connectivity index (χ1v) is 8.00. The smallest absolute Gasteiger partial charge is 0.232 e. The van der Waals surface area contributed by atoms with Gasteiger partial charge in [0.15, 0.2) is 0 Å². The van der Waals surface area contributed by atoms with Crippen molar-refractivity contribution < 1.29 is 9.32 Å². The van der Waals surface area contributed by atoms with Crippen LogP contribution in [-0.2, 0) is 4.79 Å². The van der Waals surface area contributed by atoms with Gasteiger partial charge in [-0.2, -0.15) is 4.98 Å². The summed E-state index contributed by atoms with van der Waals surface area (Å²) in [6.45, 7) is 6.70. The van der Waals surface area contributed by atoms with Gasteiger partial charge >= 0.3 is 0 Å². The Morgan fingerprint density at radius 1 is 1.33 bits per heavy atom. The molecule has 4 heterocycles. The maximum atomic E-state index is 12.2. The van der Waals surface area contributed by atoms with Crippen molar-refractivity contribution in [2.75, 3.05) is 6.54 Å². The van der Waals surface area contributed by atoms with Crippen molar-refractivity contribution >= 4 is 16.8 Å². The van der Waals surface area contributed by atoms with E-state index in [0.717, 1.165) is 10.9 Å². The van der Waals surface area contributed by atoms with Crippen LogP contribution in [0.3, 0.4) is 0 Å². The van der Waals surface area contributed by atoms with E-state index in [4.69, 9.17) is 4.52 Å². The van der Waals surface area contributed by atoms with Crippen molar-refractivity contribution in [3.63, 3.8) is 0 Å². The third kappa shape index (κ3) is 2.36. The van der Waals surface area contributed by atoms with Crippen molar-refractivity contribution in [1.82, 2.24) is 25.0 Å². The number of amides is 1. The van der Waals surface area contributed by atoms with Crippen molar-refractivity contribution in [3.8, 4) is 11.5 Å². The fraction of sp³-hybridized carbons (Fsp3) is 0.412. The number of nitrogens with one attached hydrogen (secondary N) is 1. The topological polar surface area (TPSA) is 87.9 Å². The van der Waals surface area contributed by atoms with Gasteiger partial charge in [-0.15, -0.1) is 0 Å². The molecule has 3 aromatic rings. The standard InChI is InChI=1S/C17H19N5O2/c1-17(2,3)22-9-10(8-13(22)23)16-20-15(21-24-16)14-11-4-6-18-12(11)5-7-19-14/h4-7,10,18H,8-9H2,1-3H3. The molecule has 3 aromatic heterocycles. The highest BCUT2D eigenvalue weighted by Crippen LogP contribution is 2.33. The lowest BCUT2D eigenvalue weighted by atomic mass is 10.1. The molecule has 0 saturated carbocycles. The number of H-pyrrole nitrogens is 1. The molecule has 7 nitrogen and oxygen atoms in total. The molecule has 1 aliphatic heterocycles. The van der Waals surface area contributed by atoms with E-state index in [9.17, 15) is 4.79 Å². The second-order valence-electron chi connectivity index (χ2n) is 7.13. The molecule has 0 aliphatic carbocycles. The third-order valence-corrected chi connectivity index (χ3v) is 4.42. The van der Waals surface area contributed by atoms with Crippen molar-refractivity contribution in [1.29, 1.82) is 0 Å². The van der Waals surface area contributed by atoms with E-state index in [-0.39, 0.29) is 17.4 Å². The first-order valence-electron chi connectivity index (χ1n) is 8.00. The highest BCUT2D eigenvalue weighted by Gasteiger charge is 2.39. The van der Waals surface area contributed by atoms with E-state index in [2.05, 4.69) is 20.1 Å². The van der Waals surface area contributed by atoms with Crippen LogP contribution in [0.1, 0.15) is 39.0 Å². The number of rotatable bonds is 2. The largest absolute Gasteiger partial charge is 0.361 e. The van der Waals surface area contributed by atoms with E-state index in [0.29, 0.717) is 30.4 Å². The lowest BCUT2D eigenvalue weighted by Crippen LogP contribution is -2.42. The van der Waals surface area contributed by atoms with Crippen LogP contribution in [0.2, 0.25) is 0 Å². The zero-order chi connectivity index (χ0) is 16.9. The normalized spacial score (nSPS) is 18.7. The lowest BCUT2D eigenvalue weighted by molar-refractivity contribution is -0.131. The molecule has 1 saturated heterocycles. The fourth-order valence-electron chi connectivity index (χ4n) is 3.18. The predicted molar refractivity (Wildman–Crippen MR) is 88.2 cm³/mol. The summed E-state index contributed by atoms with van der Waals surface area (Å²) in [7, 11) is 0. The number of likely N-dealkylation sites (tertiary alicyclic amines) is 1. The van der Waals surface area contributed by atoms with Gasteiger partial charge < -0.3 is 14.4 Å². The monoisotopic (exact) mass is 325 g/mol. The highest BCUT2D eigenvalue weighted by atomic mass is 16.5. The van der Waals surface area contributed by atoms with Crippen LogP contribution >= 0.6 is 0 Å². The molecule has 1 unspecified atom stereocenters. The van der Waals surface area contributed by atoms with Crippen LogP contribution in [0.15, 0.2) is 29.0 Å². The zero-order valence-electron chi connectivity index (χ0n) is 13.9. The maximum absolute atomic E-state index is 12.2. The molecule has 1 N–H and O–H groups in total. The molecule has 0 aromatic carbocycles. The molecule has 4 rings (SSSR count). The van der Waals surface area contributed by atoms with Gasteiger partial charge in [-0.3, -0.25) is 9.78 Å². The molecule has 0 radical (unpaired) electrons. The molecule has 1 amide bonds. The Morgan fingerprint density at radius 3 is 2.92 bits per heavy atom. The summed E-state index contributed by atoms with van der Waals surface area (Å²) >= 11 is 0. The molecule has 1 aliphatic rings. The van der Waals surface area contributed by atoms with Gasteiger partial charge in [-0.05, 0) is 32.9 Å². The number of hydrogen-bond donors (Lipinski definition) is 1. The summed E-state index contributed by atoms with van der Waals surface area (Å²) in [5.41, 5.74) is 1.45. The Balaban J connectivity index is 1.64. The van der Waals surface area contributed by atoms with Crippen LogP contribution in [0.25, 0.3) is 22.4 Å². The van der Waals surface area contributed by atoms with Crippen LogP contribution in [-0.4, -0.2) is 43.0 Å². The van der Waals surface area contributed by atoms with Crippen LogP contribution in [0.4, 0.5) is 0 Å². The SMILES string of the molecule is CC(C)(C)N1CC(c2nc(-c3nccc4[nH]ccc34)no2)CC1=O. The molecule has 1 atom stereocenters. The van der Waals surface area contributed by atoms with Gasteiger partial charge in [0, 0.05) is 41.8 Å². The summed E-state index contributed by atoms with van der Waals surface area (Å²) in [5.74, 6) is 1.01. The quantitative estimate of drug-likeness (QED) is 0.782. The first kappa shape index (κ1) is 14.9. The lowest BCUT2D eigenvalue weighted by Gasteiger charge is -2.31. The molecular weight excluding hydrogens is 306 g/mol. The average molecular weight is 325 g/mol. The summed E-state index contributed by atoms with van der Waals surface area (Å²) in [4.78, 5) is 26.1. The molecule has 124 valence electrons. The molecular formula is C17H19N5O2. The van der Waals surface area contributed by atoms with E-state index < -0.39 is 0 Å². The molecule has 0 spiro atoms. The number of carbonyl (C=O) groups excluding carboxylic acids is 1. The van der Waals surface area contributed by atoms with E-state index in [1.165, 1.54) is 0 Å². The third-order valence-electron chi connectivity index (χ3n) is 4.42. The number of pyridine rings is 1. The van der Waals surface area contributed by atoms with Gasteiger partial charge in [-0.25, -0.2) is 0 Å². The summed E-state index contributed by atoms with van der Waals surface area (Å²) in [6, 6.07) is 3.84. The minimum absolute atomic E-state index is 0.0663. The minimum Gasteiger partial charge on any atom is -0.361 e. The van der Waals surface area contributed by atoms with Crippen molar-refractivity contribution in [2.24, 2.45) is 0 Å². The Labute approximate surface area is 139 Å². The second-order valence-corrected chi connectivity index (χ2v) is 7.13. The molecule has 0 bridgehead atoms. The second kappa shape index (κ2) is 5.15. The van der Waals surface area contributed by atoms with Gasteiger partial charge in [-0.1, -0.05) is 5.16 Å². The summed E-state index contributed by atoms with van der Waals surface area (Å²) in [5, 5.41) is 5.03. The fourth-order valence-corrected chi connectivity index (χ4v) is 3.18. The van der Waals surface area contributed by atoms with Gasteiger partial charge in [0.1, 0.15) is 5.69 Å². The Bertz CT molecular complexity index is 905. The average Bonchev–Trinajstić information content (AvgIpc) is 3.24. The number of fused-ring (bicyclic) bond motifs is 1. The number of carbonyl (C=O) groups is 1. The number of hydrogen-bond acceptors (Lipinski definition) is 5. The number of aromatic nitrogens is 4. The van der Waals surface area contributed by atoms with Crippen LogP contribution in [0, 0.1) is 0 Å². The molecule has 7 heteroatoms. The number of nitrogens with zero attached hydrogens (tertiary/aromatic N) is 4. The summed E-state index contributed by atoms with van der Waals surface area (Å²) < 4.78 is 5.45. The van der Waals surface area contributed by atoms with Crippen LogP contribution in [0.5, 0.6) is 0 Å². The Hall–Kier alpha value is -2.70. The van der Waals surface area contributed by atoms with Crippen LogP contribution < -0.4 is 0 Å². The highest BCUT2D eigenvalue weighted by molar-refractivity contribution is 5.90. The van der Waals surface area contributed by atoms with E-state index in [1.54, 1.807) is 6.20 Å². The molecule has 1 fully saturated rings. The van der Waals surface area contributed by atoms with Gasteiger partial charge in [0.05, 0.1) is 5.92 Å². The van der Waals surface area contributed by atoms with E-state index in [1.807, 2.05) is 44.0 Å². The first-order chi connectivity index (χ1) is 11.4. The van der Waals surface area contributed by atoms with Crippen molar-refractivity contribution in [3.05, 3.63) is 30.4 Å². The van der Waals surface area contributed by atoms with E-state index >= 15 is 0 Å². The minimum atomic E-state index is -0.201. The van der Waals surface area contributed by atoms with Gasteiger partial charge in [0.2, 0.25) is 17.6 Å². The zero-order valence-corrected chi connectivity index (χ0v) is 13.9. The summed E-state index contributed by atoms with van der Waals surface area (Å²) in [6.07, 6.45) is 3.97. The van der Waals surface area contributed by atoms with Crippen molar-refractivity contribution in [2.45, 2.75) is 38.6 Å². The Morgan fingerprint density at radius 2 is 2.17 bits per heavy atom.